The molecule has 1 amide bonds. The number of nitrogen functional groups attached to an aromatic ring is 1. The summed E-state index contributed by atoms with van der Waals surface area (Å²) in [4.78, 5) is 43.2. The van der Waals surface area contributed by atoms with Crippen LogP contribution >= 0.6 is 11.8 Å². The summed E-state index contributed by atoms with van der Waals surface area (Å²) in [7, 11) is 0. The van der Waals surface area contributed by atoms with Gasteiger partial charge >= 0.3 is 5.69 Å². The van der Waals surface area contributed by atoms with Crippen molar-refractivity contribution in [2.24, 2.45) is 0 Å². The number of ether oxygens (including phenoxy) is 1. The Morgan fingerprint density at radius 2 is 1.79 bits per heavy atom. The van der Waals surface area contributed by atoms with Crippen molar-refractivity contribution < 1.29 is 9.53 Å². The summed E-state index contributed by atoms with van der Waals surface area (Å²) in [5, 5.41) is 0. The summed E-state index contributed by atoms with van der Waals surface area (Å²) < 4.78 is 6.74. The number of nitrogens with one attached hydrogen (secondary N) is 1. The number of H-pyrrole nitrogens is 1. The van der Waals surface area contributed by atoms with E-state index >= 15 is 0 Å². The lowest BCUT2D eigenvalue weighted by atomic mass is 10.2. The third-order valence-corrected chi connectivity index (χ3v) is 6.20. The first kappa shape index (κ1) is 25.2. The minimum absolute atomic E-state index is 0.0151. The van der Waals surface area contributed by atoms with E-state index in [9.17, 15) is 14.4 Å². The number of hydrogen-bond donors (Lipinski definition) is 2. The smallest absolute Gasteiger partial charge is 0.330 e. The van der Waals surface area contributed by atoms with Gasteiger partial charge in [0.2, 0.25) is 5.91 Å². The Labute approximate surface area is 202 Å². The first-order valence-corrected chi connectivity index (χ1v) is 12.3. The van der Waals surface area contributed by atoms with Crippen LogP contribution in [0, 0.1) is 0 Å². The summed E-state index contributed by atoms with van der Waals surface area (Å²) >= 11 is 1.37. The number of rotatable bonds is 11. The monoisotopic (exact) mass is 482 g/mol. The molecule has 1 aromatic heterocycles. The molecule has 3 aromatic rings. The van der Waals surface area contributed by atoms with Crippen LogP contribution in [0.25, 0.3) is 0 Å². The van der Waals surface area contributed by atoms with Crippen LogP contribution in [0.15, 0.2) is 69.1 Å². The maximum atomic E-state index is 13.2. The minimum atomic E-state index is -0.665. The summed E-state index contributed by atoms with van der Waals surface area (Å²) in [6.45, 7) is 5.02. The Bertz CT molecular complexity index is 1210. The number of unbranched alkanes of at least 4 members (excludes halogenated alkanes) is 1. The molecule has 180 valence electrons. The van der Waals surface area contributed by atoms with Crippen LogP contribution in [0.1, 0.15) is 32.3 Å². The Balaban J connectivity index is 1.87. The van der Waals surface area contributed by atoms with E-state index in [0.717, 1.165) is 22.6 Å². The zero-order valence-corrected chi connectivity index (χ0v) is 20.3. The number of anilines is 2. The number of aromatic nitrogens is 2. The molecule has 0 radical (unpaired) electrons. The van der Waals surface area contributed by atoms with E-state index in [1.165, 1.54) is 21.2 Å². The maximum Gasteiger partial charge on any atom is 0.330 e. The van der Waals surface area contributed by atoms with Crippen molar-refractivity contribution in [3.05, 3.63) is 81.0 Å². The van der Waals surface area contributed by atoms with Gasteiger partial charge in [0.25, 0.3) is 5.56 Å². The van der Waals surface area contributed by atoms with Crippen molar-refractivity contribution in [3.63, 3.8) is 0 Å². The van der Waals surface area contributed by atoms with Gasteiger partial charge in [0.15, 0.2) is 5.69 Å². The highest BCUT2D eigenvalue weighted by Crippen LogP contribution is 2.24. The molecule has 0 saturated heterocycles. The average molecular weight is 483 g/mol. The molecule has 0 aliphatic heterocycles. The van der Waals surface area contributed by atoms with Crippen LogP contribution in [0.4, 0.5) is 11.5 Å². The van der Waals surface area contributed by atoms with Gasteiger partial charge in [-0.05, 0) is 43.2 Å². The molecule has 0 fully saturated rings. The van der Waals surface area contributed by atoms with E-state index in [4.69, 9.17) is 10.5 Å². The first-order valence-electron chi connectivity index (χ1n) is 11.3. The summed E-state index contributed by atoms with van der Waals surface area (Å²) in [5.41, 5.74) is 5.92. The van der Waals surface area contributed by atoms with Gasteiger partial charge < -0.3 is 15.4 Å². The largest absolute Gasteiger partial charge is 0.494 e. The van der Waals surface area contributed by atoms with Crippen molar-refractivity contribution in [2.75, 3.05) is 29.5 Å². The molecule has 2 aromatic carbocycles. The maximum absolute atomic E-state index is 13.2. The van der Waals surface area contributed by atoms with Crippen LogP contribution in [0.2, 0.25) is 0 Å². The second-order valence-electron chi connectivity index (χ2n) is 7.66. The van der Waals surface area contributed by atoms with Gasteiger partial charge in [0, 0.05) is 11.4 Å². The Hall–Kier alpha value is -3.46. The molecular weight excluding hydrogens is 452 g/mol. The molecular formula is C25H30N4O4S. The third-order valence-electron chi connectivity index (χ3n) is 5.20. The third kappa shape index (κ3) is 6.32. The molecule has 0 unspecified atom stereocenters. The molecule has 0 aliphatic rings. The van der Waals surface area contributed by atoms with Crippen LogP contribution in [-0.4, -0.2) is 34.4 Å². The number of benzene rings is 2. The molecule has 0 spiro atoms. The van der Waals surface area contributed by atoms with Gasteiger partial charge in [-0.15, -0.1) is 11.8 Å². The summed E-state index contributed by atoms with van der Waals surface area (Å²) in [6.07, 6.45) is 1.52. The lowest BCUT2D eigenvalue weighted by Gasteiger charge is -2.24. The quantitative estimate of drug-likeness (QED) is 0.405. The number of nitrogens with two attached hydrogens (primary N) is 1. The van der Waals surface area contributed by atoms with Crippen LogP contribution in [0.5, 0.6) is 5.75 Å². The van der Waals surface area contributed by atoms with E-state index in [-0.39, 0.29) is 29.7 Å². The molecule has 9 heteroatoms. The number of hydrogen-bond acceptors (Lipinski definition) is 6. The van der Waals surface area contributed by atoms with Crippen molar-refractivity contribution in [1.29, 1.82) is 0 Å². The van der Waals surface area contributed by atoms with E-state index in [0.29, 0.717) is 19.6 Å². The van der Waals surface area contributed by atoms with Crippen LogP contribution in [-0.2, 0) is 11.3 Å². The standard InChI is InChI=1S/C25H30N4O4S/c1-3-5-15-28(21(30)17-34-20-13-11-19(12-14-20)33-4-2)22-23(26)29(25(32)27-24(22)31)16-18-9-7-6-8-10-18/h6-14H,3-5,15-17,26H2,1-2H3,(H,27,31,32). The Morgan fingerprint density at radius 3 is 2.44 bits per heavy atom. The van der Waals surface area contributed by atoms with Gasteiger partial charge in [-0.3, -0.25) is 19.1 Å². The highest BCUT2D eigenvalue weighted by Gasteiger charge is 2.24. The number of amides is 1. The van der Waals surface area contributed by atoms with E-state index < -0.39 is 11.2 Å². The van der Waals surface area contributed by atoms with Crippen molar-refractivity contribution >= 4 is 29.2 Å². The van der Waals surface area contributed by atoms with Gasteiger partial charge in [0.05, 0.1) is 18.9 Å². The number of carbonyl (C=O) groups is 1. The number of carbonyl (C=O) groups excluding carboxylic acids is 1. The highest BCUT2D eigenvalue weighted by molar-refractivity contribution is 8.00. The molecule has 34 heavy (non-hydrogen) atoms. The van der Waals surface area contributed by atoms with Gasteiger partial charge in [-0.1, -0.05) is 43.7 Å². The van der Waals surface area contributed by atoms with Crippen molar-refractivity contribution in [2.45, 2.75) is 38.1 Å². The molecule has 8 nitrogen and oxygen atoms in total. The van der Waals surface area contributed by atoms with E-state index in [1.807, 2.05) is 68.4 Å². The van der Waals surface area contributed by atoms with Crippen molar-refractivity contribution in [1.82, 2.24) is 9.55 Å². The fourth-order valence-electron chi connectivity index (χ4n) is 3.46. The Morgan fingerprint density at radius 1 is 1.09 bits per heavy atom. The Kier molecular flexibility index (Phi) is 8.98. The van der Waals surface area contributed by atoms with Crippen LogP contribution in [0.3, 0.4) is 0 Å². The molecule has 1 heterocycles. The van der Waals surface area contributed by atoms with E-state index in [2.05, 4.69) is 4.98 Å². The number of aromatic amines is 1. The molecule has 0 bridgehead atoms. The molecule has 0 saturated carbocycles. The topological polar surface area (TPSA) is 110 Å². The number of thioether (sulfide) groups is 1. The highest BCUT2D eigenvalue weighted by atomic mass is 32.2. The fraction of sp³-hybridized carbons (Fsp3) is 0.320. The zero-order valence-electron chi connectivity index (χ0n) is 19.5. The lowest BCUT2D eigenvalue weighted by Crippen LogP contribution is -2.42. The summed E-state index contributed by atoms with van der Waals surface area (Å²) in [6, 6.07) is 16.8. The second-order valence-corrected chi connectivity index (χ2v) is 8.71. The predicted octanol–water partition coefficient (Wildman–Crippen LogP) is 3.49. The van der Waals surface area contributed by atoms with Gasteiger partial charge in [0.1, 0.15) is 11.6 Å². The molecule has 0 atom stereocenters. The predicted molar refractivity (Wildman–Crippen MR) is 137 cm³/mol. The number of nitrogens with zero attached hydrogens (tertiary/aromatic N) is 2. The second kappa shape index (κ2) is 12.1. The average Bonchev–Trinajstić information content (AvgIpc) is 2.84. The van der Waals surface area contributed by atoms with Crippen molar-refractivity contribution in [3.8, 4) is 5.75 Å². The van der Waals surface area contributed by atoms with Crippen LogP contribution < -0.4 is 26.6 Å². The first-order chi connectivity index (χ1) is 16.4. The minimum Gasteiger partial charge on any atom is -0.494 e. The lowest BCUT2D eigenvalue weighted by molar-refractivity contribution is -0.116. The SMILES string of the molecule is CCCCN(C(=O)CSc1ccc(OCC)cc1)c1c(N)n(Cc2ccccc2)c(=O)[nH]c1=O. The van der Waals surface area contributed by atoms with E-state index in [1.54, 1.807) is 0 Å². The zero-order chi connectivity index (χ0) is 24.5. The molecule has 3 N–H and O–H groups in total. The van der Waals surface area contributed by atoms with Gasteiger partial charge in [-0.25, -0.2) is 4.79 Å². The normalized spacial score (nSPS) is 10.8. The summed E-state index contributed by atoms with van der Waals surface area (Å²) in [5.74, 6) is 0.610. The molecule has 3 rings (SSSR count). The van der Waals surface area contributed by atoms with Gasteiger partial charge in [-0.2, -0.15) is 0 Å². The molecule has 0 aliphatic carbocycles. The fourth-order valence-corrected chi connectivity index (χ4v) is 4.23.